The lowest BCUT2D eigenvalue weighted by molar-refractivity contribution is -0.155. The number of phenolic OH excluding ortho intramolecular Hbond substituents is 1. The molecule has 5 rings (SSSR count). The van der Waals surface area contributed by atoms with Crippen LogP contribution < -0.4 is 14.2 Å². The Morgan fingerprint density at radius 2 is 1.12 bits per heavy atom. The molecule has 1 saturated carbocycles. The summed E-state index contributed by atoms with van der Waals surface area (Å²) in [6.45, 7) is 17.0. The third-order valence-electron chi connectivity index (χ3n) is 10.6. The third kappa shape index (κ3) is 7.60. The van der Waals surface area contributed by atoms with Crippen molar-refractivity contribution in [3.05, 3.63) is 107 Å². The maximum Gasteiger partial charge on any atom is 0.320 e. The number of hydrogen-bond acceptors (Lipinski definition) is 6. The molecule has 0 aliphatic heterocycles. The largest absolute Gasteiger partial charge is 0.508 e. The Bertz CT molecular complexity index is 1840. The lowest BCUT2D eigenvalue weighted by Gasteiger charge is -2.40. The first-order chi connectivity index (χ1) is 23.4. The van der Waals surface area contributed by atoms with Crippen molar-refractivity contribution in [3.63, 3.8) is 0 Å². The van der Waals surface area contributed by atoms with Crippen LogP contribution >= 0.6 is 0 Å². The Morgan fingerprint density at radius 1 is 0.620 bits per heavy atom. The Balaban J connectivity index is 1.28. The first-order valence-corrected chi connectivity index (χ1v) is 17.7. The number of esters is 2. The van der Waals surface area contributed by atoms with Crippen molar-refractivity contribution >= 4 is 11.9 Å². The van der Waals surface area contributed by atoms with Crippen molar-refractivity contribution in [1.82, 2.24) is 0 Å². The zero-order valence-electron chi connectivity index (χ0n) is 31.1. The maximum absolute atomic E-state index is 13.7. The Labute approximate surface area is 297 Å². The molecule has 0 radical (unpaired) electrons. The van der Waals surface area contributed by atoms with Crippen LogP contribution in [0.4, 0.5) is 0 Å². The van der Waals surface area contributed by atoms with Gasteiger partial charge in [0.25, 0.3) is 0 Å². The molecule has 0 saturated heterocycles. The van der Waals surface area contributed by atoms with Crippen LogP contribution in [-0.4, -0.2) is 22.6 Å². The monoisotopic (exact) mass is 676 g/mol. The first-order valence-electron chi connectivity index (χ1n) is 17.7. The molecule has 50 heavy (non-hydrogen) atoms. The predicted molar refractivity (Wildman–Crippen MR) is 199 cm³/mol. The second-order valence-corrected chi connectivity index (χ2v) is 15.9. The van der Waals surface area contributed by atoms with Crippen LogP contribution in [0.2, 0.25) is 0 Å². The van der Waals surface area contributed by atoms with Crippen molar-refractivity contribution < 1.29 is 28.9 Å². The van der Waals surface area contributed by atoms with Crippen LogP contribution in [0.25, 0.3) is 11.1 Å². The number of aryl methyl sites for hydroxylation is 2. The number of benzene rings is 4. The highest BCUT2D eigenvalue weighted by Gasteiger charge is 2.47. The molecule has 1 fully saturated rings. The van der Waals surface area contributed by atoms with E-state index in [1.165, 1.54) is 17.5 Å². The lowest BCUT2D eigenvalue weighted by Crippen LogP contribution is -2.51. The normalized spacial score (nSPS) is 14.9. The molecule has 1 N–H and O–H groups in total. The maximum atomic E-state index is 13.7. The minimum absolute atomic E-state index is 0.125. The van der Waals surface area contributed by atoms with Crippen molar-refractivity contribution in [3.8, 4) is 34.1 Å². The molecule has 6 heteroatoms. The van der Waals surface area contributed by atoms with E-state index in [0.717, 1.165) is 47.9 Å². The number of carbonyl (C=O) groups is 2. The molecule has 1 aliphatic carbocycles. The molecule has 0 spiro atoms. The van der Waals surface area contributed by atoms with Crippen LogP contribution in [-0.2, 0) is 15.0 Å². The van der Waals surface area contributed by atoms with Crippen LogP contribution in [0, 0.1) is 24.7 Å². The van der Waals surface area contributed by atoms with Gasteiger partial charge in [0, 0.05) is 5.41 Å². The van der Waals surface area contributed by atoms with Gasteiger partial charge in [-0.1, -0.05) is 55.7 Å². The van der Waals surface area contributed by atoms with E-state index in [0.29, 0.717) is 17.2 Å². The Kier molecular flexibility index (Phi) is 10.3. The summed E-state index contributed by atoms with van der Waals surface area (Å²) in [5, 5.41) is 9.89. The highest BCUT2D eigenvalue weighted by atomic mass is 16.5. The van der Waals surface area contributed by atoms with Crippen LogP contribution in [0.1, 0.15) is 103 Å². The van der Waals surface area contributed by atoms with Gasteiger partial charge in [0.05, 0.1) is 5.41 Å². The van der Waals surface area contributed by atoms with Gasteiger partial charge in [-0.05, 0) is 157 Å². The molecule has 264 valence electrons. The van der Waals surface area contributed by atoms with Crippen molar-refractivity contribution in [2.24, 2.45) is 10.8 Å². The third-order valence-corrected chi connectivity index (χ3v) is 10.6. The van der Waals surface area contributed by atoms with Gasteiger partial charge in [-0.3, -0.25) is 9.59 Å². The molecule has 0 aromatic heterocycles. The van der Waals surface area contributed by atoms with Gasteiger partial charge in [-0.2, -0.15) is 0 Å². The van der Waals surface area contributed by atoms with Gasteiger partial charge in [0.1, 0.15) is 34.0 Å². The summed E-state index contributed by atoms with van der Waals surface area (Å²) in [6, 6.07) is 27.3. The van der Waals surface area contributed by atoms with Gasteiger partial charge >= 0.3 is 11.9 Å². The summed E-state index contributed by atoms with van der Waals surface area (Å²) in [4.78, 5) is 26.1. The first kappa shape index (κ1) is 36.7. The van der Waals surface area contributed by atoms with Crippen LogP contribution in [0.15, 0.2) is 84.9 Å². The van der Waals surface area contributed by atoms with Gasteiger partial charge in [0.2, 0.25) is 0 Å². The van der Waals surface area contributed by atoms with E-state index in [1.807, 2.05) is 117 Å². The Morgan fingerprint density at radius 3 is 1.62 bits per heavy atom. The second kappa shape index (κ2) is 14.0. The van der Waals surface area contributed by atoms with Gasteiger partial charge in [-0.15, -0.1) is 0 Å². The van der Waals surface area contributed by atoms with Crippen molar-refractivity contribution in [2.45, 2.75) is 105 Å². The summed E-state index contributed by atoms with van der Waals surface area (Å²) < 4.78 is 18.2. The van der Waals surface area contributed by atoms with Gasteiger partial charge in [-0.25, -0.2) is 0 Å². The van der Waals surface area contributed by atoms with E-state index in [9.17, 15) is 14.7 Å². The van der Waals surface area contributed by atoms with E-state index in [2.05, 4.69) is 18.2 Å². The zero-order valence-corrected chi connectivity index (χ0v) is 31.1. The summed E-state index contributed by atoms with van der Waals surface area (Å²) in [5.41, 5.74) is 3.60. The summed E-state index contributed by atoms with van der Waals surface area (Å²) >= 11 is 0. The fourth-order valence-electron chi connectivity index (χ4n) is 6.54. The number of rotatable bonds is 9. The van der Waals surface area contributed by atoms with Crippen molar-refractivity contribution in [1.29, 1.82) is 0 Å². The zero-order chi connectivity index (χ0) is 36.5. The van der Waals surface area contributed by atoms with E-state index in [-0.39, 0.29) is 23.1 Å². The average Bonchev–Trinajstić information content (AvgIpc) is 3.07. The summed E-state index contributed by atoms with van der Waals surface area (Å²) in [7, 11) is 0. The smallest absolute Gasteiger partial charge is 0.320 e. The number of carbonyl (C=O) groups excluding carboxylic acids is 2. The molecule has 0 heterocycles. The van der Waals surface area contributed by atoms with E-state index >= 15 is 0 Å². The summed E-state index contributed by atoms with van der Waals surface area (Å²) in [5.74, 6) is 1.35. The van der Waals surface area contributed by atoms with Gasteiger partial charge in [0.15, 0.2) is 0 Å². The van der Waals surface area contributed by atoms with Crippen molar-refractivity contribution in [2.75, 3.05) is 0 Å². The summed E-state index contributed by atoms with van der Waals surface area (Å²) in [6.07, 6.45) is 5.59. The fourth-order valence-corrected chi connectivity index (χ4v) is 6.54. The topological polar surface area (TPSA) is 82.1 Å². The standard InChI is InChI=1S/C44H52O6/c1-29-27-31(13-23-37(29)49-39(46)41(3,4)5)32-14-24-38(30(2)28-32)50-43(8,9)42(6,7)40(47)48-36-21-17-34(18-22-36)44(25-11-10-12-26-44)33-15-19-35(45)20-16-33/h13-24,27-28,45H,10-12,25-26H2,1-9H3. The van der Waals surface area contributed by atoms with E-state index in [1.54, 1.807) is 12.1 Å². The quantitative estimate of drug-likeness (QED) is 0.140. The average molecular weight is 677 g/mol. The molecule has 4 aromatic rings. The second-order valence-electron chi connectivity index (χ2n) is 15.9. The molecule has 0 bridgehead atoms. The fraction of sp³-hybridized carbons (Fsp3) is 0.409. The van der Waals surface area contributed by atoms with E-state index < -0.39 is 16.4 Å². The van der Waals surface area contributed by atoms with Gasteiger partial charge < -0.3 is 19.3 Å². The molecular weight excluding hydrogens is 624 g/mol. The minimum atomic E-state index is -0.995. The van der Waals surface area contributed by atoms with E-state index in [4.69, 9.17) is 14.2 Å². The highest BCUT2D eigenvalue weighted by molar-refractivity contribution is 5.80. The molecular formula is C44H52O6. The molecule has 0 amide bonds. The molecule has 1 aliphatic rings. The minimum Gasteiger partial charge on any atom is -0.508 e. The SMILES string of the molecule is Cc1cc(-c2ccc(OC(C)(C)C(C)(C)C(=O)Oc3ccc(C4(c5ccc(O)cc5)CCCCC4)cc3)c(C)c2)ccc1OC(=O)C(C)(C)C. The number of aromatic hydroxyl groups is 1. The molecule has 0 unspecified atom stereocenters. The number of ether oxygens (including phenoxy) is 3. The lowest BCUT2D eigenvalue weighted by atomic mass is 9.65. The Hall–Kier alpha value is -4.58. The van der Waals surface area contributed by atoms with Crippen LogP contribution in [0.5, 0.6) is 23.0 Å². The highest BCUT2D eigenvalue weighted by Crippen LogP contribution is 2.46. The number of hydrogen-bond donors (Lipinski definition) is 1. The number of phenols is 1. The molecule has 4 aromatic carbocycles. The molecule has 6 nitrogen and oxygen atoms in total. The predicted octanol–water partition coefficient (Wildman–Crippen LogP) is 10.7. The van der Waals surface area contributed by atoms with Crippen LogP contribution in [0.3, 0.4) is 0 Å². The molecule has 0 atom stereocenters.